The third-order valence-corrected chi connectivity index (χ3v) is 4.70. The van der Waals surface area contributed by atoms with Crippen LogP contribution in [0.3, 0.4) is 0 Å². The summed E-state index contributed by atoms with van der Waals surface area (Å²) in [5.74, 6) is 1.53. The minimum Gasteiger partial charge on any atom is -0.369 e. The first-order valence-electron chi connectivity index (χ1n) is 7.28. The van der Waals surface area contributed by atoms with Crippen molar-refractivity contribution in [3.05, 3.63) is 29.8 Å². The summed E-state index contributed by atoms with van der Waals surface area (Å²) in [7, 11) is 0. The van der Waals surface area contributed by atoms with E-state index in [1.165, 1.54) is 36.9 Å². The van der Waals surface area contributed by atoms with Crippen molar-refractivity contribution < 1.29 is 0 Å². The second-order valence-electron chi connectivity index (χ2n) is 6.26. The summed E-state index contributed by atoms with van der Waals surface area (Å²) in [6.07, 6.45) is 4.97. The van der Waals surface area contributed by atoms with E-state index in [0.29, 0.717) is 5.96 Å². The lowest BCUT2D eigenvalue weighted by atomic mass is 9.76. The van der Waals surface area contributed by atoms with Gasteiger partial charge in [0.2, 0.25) is 0 Å². The highest BCUT2D eigenvalue weighted by molar-refractivity contribution is 5.98. The van der Waals surface area contributed by atoms with Gasteiger partial charge in [-0.2, -0.15) is 0 Å². The Labute approximate surface area is 115 Å². The van der Waals surface area contributed by atoms with E-state index in [2.05, 4.69) is 48.0 Å². The summed E-state index contributed by atoms with van der Waals surface area (Å²) in [5.41, 5.74) is 8.80. The Kier molecular flexibility index (Phi) is 3.00. The molecular weight excluding hydrogens is 234 g/mol. The van der Waals surface area contributed by atoms with Crippen molar-refractivity contribution in [3.8, 4) is 0 Å². The number of nitrogens with zero attached hydrogens (tertiary/aromatic N) is 2. The van der Waals surface area contributed by atoms with Gasteiger partial charge in [-0.25, -0.2) is 0 Å². The van der Waals surface area contributed by atoms with Crippen LogP contribution in [0, 0.1) is 12.8 Å². The third-order valence-electron chi connectivity index (χ3n) is 4.70. The van der Waals surface area contributed by atoms with E-state index in [1.807, 2.05) is 0 Å². The molecule has 0 amide bonds. The van der Waals surface area contributed by atoms with Gasteiger partial charge in [0.1, 0.15) is 0 Å². The number of aryl methyl sites for hydroxylation is 1. The van der Waals surface area contributed by atoms with Gasteiger partial charge in [-0.3, -0.25) is 4.99 Å². The lowest BCUT2D eigenvalue weighted by Gasteiger charge is -2.43. The van der Waals surface area contributed by atoms with E-state index < -0.39 is 0 Å². The highest BCUT2D eigenvalue weighted by Gasteiger charge is 2.44. The average Bonchev–Trinajstić information content (AvgIpc) is 2.71. The second-order valence-corrected chi connectivity index (χ2v) is 6.26. The Morgan fingerprint density at radius 2 is 2.05 bits per heavy atom. The summed E-state index contributed by atoms with van der Waals surface area (Å²) in [6, 6.07) is 8.60. The number of benzene rings is 1. The van der Waals surface area contributed by atoms with Crippen LogP contribution in [-0.2, 0) is 0 Å². The van der Waals surface area contributed by atoms with Gasteiger partial charge in [-0.15, -0.1) is 0 Å². The fraction of sp³-hybridized carbons (Fsp3) is 0.562. The molecule has 0 bridgehead atoms. The smallest absolute Gasteiger partial charge is 0.196 e. The zero-order valence-corrected chi connectivity index (χ0v) is 11.9. The van der Waals surface area contributed by atoms with E-state index in [1.54, 1.807) is 0 Å². The van der Waals surface area contributed by atoms with Gasteiger partial charge in [0, 0.05) is 5.69 Å². The predicted molar refractivity (Wildman–Crippen MR) is 80.5 cm³/mol. The van der Waals surface area contributed by atoms with Crippen molar-refractivity contribution in [1.82, 2.24) is 0 Å². The molecule has 3 nitrogen and oxygen atoms in total. The maximum atomic E-state index is 6.18. The maximum Gasteiger partial charge on any atom is 0.196 e. The molecule has 0 radical (unpaired) electrons. The molecule has 102 valence electrons. The van der Waals surface area contributed by atoms with E-state index in [9.17, 15) is 0 Å². The molecule has 1 heterocycles. The van der Waals surface area contributed by atoms with Crippen molar-refractivity contribution in [2.45, 2.75) is 45.1 Å². The molecule has 2 aliphatic rings. The number of hydrogen-bond acceptors (Lipinski definition) is 3. The zero-order valence-electron chi connectivity index (χ0n) is 11.9. The summed E-state index contributed by atoms with van der Waals surface area (Å²) < 4.78 is 0. The van der Waals surface area contributed by atoms with Crippen molar-refractivity contribution in [3.63, 3.8) is 0 Å². The van der Waals surface area contributed by atoms with Gasteiger partial charge < -0.3 is 10.6 Å². The van der Waals surface area contributed by atoms with Crippen LogP contribution in [0.25, 0.3) is 0 Å². The number of aliphatic imine (C=N–C) groups is 1. The molecule has 1 aliphatic carbocycles. The van der Waals surface area contributed by atoms with Crippen LogP contribution in [0.1, 0.15) is 38.2 Å². The number of nitrogens with two attached hydrogens (primary N) is 1. The third kappa shape index (κ3) is 2.11. The van der Waals surface area contributed by atoms with Gasteiger partial charge in [0.15, 0.2) is 5.96 Å². The lowest BCUT2D eigenvalue weighted by molar-refractivity contribution is 0.261. The van der Waals surface area contributed by atoms with E-state index in [0.717, 1.165) is 12.5 Å². The van der Waals surface area contributed by atoms with Crippen LogP contribution < -0.4 is 10.6 Å². The Morgan fingerprint density at radius 3 is 2.74 bits per heavy atom. The van der Waals surface area contributed by atoms with Crippen LogP contribution in [0.2, 0.25) is 0 Å². The second kappa shape index (κ2) is 4.55. The van der Waals surface area contributed by atoms with E-state index in [-0.39, 0.29) is 5.54 Å². The summed E-state index contributed by atoms with van der Waals surface area (Å²) >= 11 is 0. The molecule has 0 saturated heterocycles. The topological polar surface area (TPSA) is 41.6 Å². The van der Waals surface area contributed by atoms with Crippen molar-refractivity contribution in [2.24, 2.45) is 16.6 Å². The van der Waals surface area contributed by atoms with Crippen LogP contribution >= 0.6 is 0 Å². The van der Waals surface area contributed by atoms with Gasteiger partial charge in [-0.1, -0.05) is 19.1 Å². The largest absolute Gasteiger partial charge is 0.369 e. The molecule has 3 rings (SSSR count). The average molecular weight is 257 g/mol. The molecule has 1 aliphatic heterocycles. The highest BCUT2D eigenvalue weighted by atomic mass is 15.4. The Morgan fingerprint density at radius 1 is 1.32 bits per heavy atom. The fourth-order valence-electron chi connectivity index (χ4n) is 3.47. The fourth-order valence-corrected chi connectivity index (χ4v) is 3.47. The van der Waals surface area contributed by atoms with Crippen LogP contribution in [-0.4, -0.2) is 18.0 Å². The summed E-state index contributed by atoms with van der Waals surface area (Å²) in [4.78, 5) is 6.84. The Hall–Kier alpha value is -1.51. The standard InChI is InChI=1S/C16H23N3/c1-12-6-8-16(9-7-12)11-18-15(17)19(16)14-5-3-4-13(2)10-14/h3-5,10,12H,6-9,11H2,1-2H3,(H2,17,18). The lowest BCUT2D eigenvalue weighted by Crippen LogP contribution is -2.53. The SMILES string of the molecule is Cc1cccc(N2C(N)=NCC23CCC(C)CC3)c1. The van der Waals surface area contributed by atoms with Gasteiger partial charge in [0.05, 0.1) is 12.1 Å². The van der Waals surface area contributed by atoms with E-state index >= 15 is 0 Å². The van der Waals surface area contributed by atoms with E-state index in [4.69, 9.17) is 5.73 Å². The number of anilines is 1. The maximum absolute atomic E-state index is 6.18. The van der Waals surface area contributed by atoms with Crippen molar-refractivity contribution >= 4 is 11.6 Å². The van der Waals surface area contributed by atoms with Crippen LogP contribution in [0.5, 0.6) is 0 Å². The molecule has 3 heteroatoms. The molecule has 0 aromatic heterocycles. The minimum atomic E-state index is 0.143. The van der Waals surface area contributed by atoms with Gasteiger partial charge in [0.25, 0.3) is 0 Å². The van der Waals surface area contributed by atoms with Crippen molar-refractivity contribution in [2.75, 3.05) is 11.4 Å². The minimum absolute atomic E-state index is 0.143. The first kappa shape index (κ1) is 12.5. The molecule has 1 fully saturated rings. The molecule has 1 spiro atoms. The van der Waals surface area contributed by atoms with Crippen molar-refractivity contribution in [1.29, 1.82) is 0 Å². The number of guanidine groups is 1. The summed E-state index contributed by atoms with van der Waals surface area (Å²) in [5, 5.41) is 0. The number of rotatable bonds is 1. The molecule has 0 unspecified atom stereocenters. The molecule has 1 aromatic rings. The van der Waals surface area contributed by atoms with Gasteiger partial charge in [-0.05, 0) is 56.2 Å². The highest BCUT2D eigenvalue weighted by Crippen LogP contribution is 2.41. The molecule has 2 N–H and O–H groups in total. The quantitative estimate of drug-likeness (QED) is 0.840. The first-order chi connectivity index (χ1) is 9.11. The zero-order chi connectivity index (χ0) is 13.5. The molecule has 1 aromatic carbocycles. The molecular formula is C16H23N3. The monoisotopic (exact) mass is 257 g/mol. The first-order valence-corrected chi connectivity index (χ1v) is 7.28. The predicted octanol–water partition coefficient (Wildman–Crippen LogP) is 3.08. The Balaban J connectivity index is 1.94. The summed E-state index contributed by atoms with van der Waals surface area (Å²) in [6.45, 7) is 5.34. The van der Waals surface area contributed by atoms with Crippen LogP contribution in [0.4, 0.5) is 5.69 Å². The molecule has 0 atom stereocenters. The Bertz CT molecular complexity index is 498. The van der Waals surface area contributed by atoms with Gasteiger partial charge >= 0.3 is 0 Å². The van der Waals surface area contributed by atoms with Crippen LogP contribution in [0.15, 0.2) is 29.3 Å². The molecule has 1 saturated carbocycles. The molecule has 19 heavy (non-hydrogen) atoms. The number of hydrogen-bond donors (Lipinski definition) is 1. The normalized spacial score (nSPS) is 30.7.